The van der Waals surface area contributed by atoms with Crippen molar-refractivity contribution in [3.8, 4) is 0 Å². The smallest absolute Gasteiger partial charge is 0.373 e. The zero-order valence-corrected chi connectivity index (χ0v) is 20.9. The molecule has 0 aromatic rings. The molecule has 0 bridgehead atoms. The van der Waals surface area contributed by atoms with E-state index in [0.29, 0.717) is 0 Å². The van der Waals surface area contributed by atoms with Gasteiger partial charge in [-0.15, -0.1) is 0 Å². The lowest BCUT2D eigenvalue weighted by Crippen LogP contribution is -2.31. The Hall–Kier alpha value is -4.95. The van der Waals surface area contributed by atoms with Crippen molar-refractivity contribution in [1.82, 2.24) is 0 Å². The lowest BCUT2D eigenvalue weighted by molar-refractivity contribution is -0.193. The number of carbonyl (C=O) groups is 5. The summed E-state index contributed by atoms with van der Waals surface area (Å²) in [6.07, 6.45) is 13.8. The number of ether oxygens (including phenoxy) is 2. The SMILES string of the molecule is C.C.C/C=C/C=C/C(=O)OC.C[C@@H]1C=C[C@H](C)[C@@H]2C(=O)CC(=O)[C@@H]21.O=C1C=CC(=O)O1.O=C=O.O=C=O.O=C=O.[2H][3H]. The fraction of sp³-hybridized carbons (Fsp3) is 0.407. The van der Waals surface area contributed by atoms with Crippen molar-refractivity contribution in [2.45, 2.75) is 42.0 Å². The van der Waals surface area contributed by atoms with E-state index < -0.39 is 11.9 Å². The molecule has 13 nitrogen and oxygen atoms in total. The highest BCUT2D eigenvalue weighted by molar-refractivity contribution is 6.09. The molecule has 0 radical (unpaired) electrons. The fourth-order valence-electron chi connectivity index (χ4n) is 3.25. The first-order valence-corrected chi connectivity index (χ1v) is 10.5. The van der Waals surface area contributed by atoms with Gasteiger partial charge < -0.3 is 9.47 Å². The van der Waals surface area contributed by atoms with Crippen LogP contribution < -0.4 is 0 Å². The Labute approximate surface area is 235 Å². The number of Topliss-reactive ketones (excluding diaryl/α,β-unsaturated/α-hetero) is 2. The predicted octanol–water partition coefficient (Wildman–Crippen LogP) is 2.29. The second-order valence-electron chi connectivity index (χ2n) is 7.00. The van der Waals surface area contributed by atoms with Crippen molar-refractivity contribution < 1.29 is 65.2 Å². The van der Waals surface area contributed by atoms with Crippen LogP contribution in [0.1, 0.15) is 45.0 Å². The zero-order valence-electron chi connectivity index (χ0n) is 22.9. The summed E-state index contributed by atoms with van der Waals surface area (Å²) in [7, 11) is 1.35. The normalized spacial score (nSPS) is 20.6. The maximum atomic E-state index is 11.5. The van der Waals surface area contributed by atoms with Crippen LogP contribution in [0, 0.1) is 23.7 Å². The van der Waals surface area contributed by atoms with Crippen LogP contribution in [-0.2, 0) is 62.2 Å². The lowest BCUT2D eigenvalue weighted by atomic mass is 9.73. The molecule has 40 heavy (non-hydrogen) atoms. The summed E-state index contributed by atoms with van der Waals surface area (Å²) in [6.45, 7) is 5.93. The van der Waals surface area contributed by atoms with E-state index in [-0.39, 0.29) is 80.9 Å². The van der Waals surface area contributed by atoms with Gasteiger partial charge in [0.05, 0.1) is 13.5 Å². The minimum absolute atomic E-state index is 0. The van der Waals surface area contributed by atoms with Gasteiger partial charge in [-0.25, -0.2) is 14.4 Å². The molecule has 3 rings (SSSR count). The molecule has 0 spiro atoms. The summed E-state index contributed by atoms with van der Waals surface area (Å²) in [4.78, 5) is 102. The number of fused-ring (bicyclic) bond motifs is 1. The quantitative estimate of drug-likeness (QED) is 0.153. The molecule has 0 unspecified atom stereocenters. The molecule has 1 aliphatic heterocycles. The van der Waals surface area contributed by atoms with E-state index >= 15 is 0 Å². The number of allylic oxidation sites excluding steroid dienone is 5. The van der Waals surface area contributed by atoms with E-state index in [2.05, 4.69) is 21.6 Å². The summed E-state index contributed by atoms with van der Waals surface area (Å²) in [6, 6.07) is 0. The maximum absolute atomic E-state index is 11.5. The third kappa shape index (κ3) is 21.2. The molecule has 4 atom stereocenters. The number of esters is 3. The molecule has 0 N–H and O–H groups in total. The van der Waals surface area contributed by atoms with E-state index in [0.717, 1.165) is 12.2 Å². The van der Waals surface area contributed by atoms with Gasteiger partial charge in [0.15, 0.2) is 0 Å². The zero-order chi connectivity index (χ0) is 32.1. The van der Waals surface area contributed by atoms with Gasteiger partial charge in [-0.2, -0.15) is 28.8 Å². The van der Waals surface area contributed by atoms with E-state index in [1.165, 1.54) is 13.2 Å². The number of hydrogen-bond donors (Lipinski definition) is 0. The summed E-state index contributed by atoms with van der Waals surface area (Å²) in [5.41, 5.74) is 0. The predicted molar refractivity (Wildman–Crippen MR) is 136 cm³/mol. The first kappa shape index (κ1) is 42.2. The van der Waals surface area contributed by atoms with Crippen molar-refractivity contribution in [3.05, 3.63) is 48.6 Å². The molecule has 0 saturated heterocycles. The number of rotatable bonds is 2. The number of cyclic esters (lactones) is 2. The van der Waals surface area contributed by atoms with Crippen LogP contribution in [0.25, 0.3) is 0 Å². The summed E-state index contributed by atoms with van der Waals surface area (Å²) >= 11 is 0. The highest BCUT2D eigenvalue weighted by Gasteiger charge is 2.47. The largest absolute Gasteiger partial charge is 0.466 e. The Morgan fingerprint density at radius 1 is 0.875 bits per heavy atom. The Kier molecular flexibility index (Phi) is 30.2. The highest BCUT2D eigenvalue weighted by atomic mass is 16.6. The van der Waals surface area contributed by atoms with Gasteiger partial charge in [-0.1, -0.05) is 59.1 Å². The number of methoxy groups -OCH3 is 1. The van der Waals surface area contributed by atoms with Crippen molar-refractivity contribution in [2.75, 3.05) is 7.11 Å². The fourth-order valence-corrected chi connectivity index (χ4v) is 3.25. The van der Waals surface area contributed by atoms with Crippen LogP contribution >= 0.6 is 0 Å². The standard InChI is InChI=1S/C11H14O2.C7H10O2.C4H2O3.3CO2.2CH4.H2/c1-6-3-4-7(2)11-9(13)5-8(12)10(6)11;1-3-4-5-6-7(8)9-2;5-3-1-2-4(6)7-3;3*2-1-3;;;/h3-4,6-7,10-11H,5H2,1-2H3;3-6H,1-2H3;1-2H;;;;2*1H4;1H/b;4-3+,6-5+;;;;;;;/t6-,7+,10+,11-;;;;;;;;/i;;;;;;;;1+2D. The molecule has 1 saturated carbocycles. The van der Waals surface area contributed by atoms with Crippen molar-refractivity contribution in [2.24, 2.45) is 23.7 Å². The number of hydrogen-bond acceptors (Lipinski definition) is 13. The molecule has 1 fully saturated rings. The molecular formula is C27H36O13. The third-order valence-electron chi connectivity index (χ3n) is 4.62. The van der Waals surface area contributed by atoms with E-state index in [9.17, 15) is 24.0 Å². The third-order valence-corrected chi connectivity index (χ3v) is 4.62. The van der Waals surface area contributed by atoms with E-state index in [1.54, 1.807) is 12.2 Å². The number of carbonyl (C=O) groups excluding carboxylic acids is 11. The Bertz CT molecular complexity index is 968. The molecule has 3 aliphatic rings. The average Bonchev–Trinajstić information content (AvgIpc) is 3.45. The summed E-state index contributed by atoms with van der Waals surface area (Å²) < 4.78 is 18.3. The topological polar surface area (TPSA) is 206 Å². The average molecular weight is 572 g/mol. The van der Waals surface area contributed by atoms with Gasteiger partial charge in [0.2, 0.25) is 0 Å². The maximum Gasteiger partial charge on any atom is 0.373 e. The van der Waals surface area contributed by atoms with Gasteiger partial charge in [0.1, 0.15) is 11.6 Å². The van der Waals surface area contributed by atoms with E-state index in [1.807, 2.05) is 26.8 Å². The number of ketones is 2. The van der Waals surface area contributed by atoms with Gasteiger partial charge in [0, 0.05) is 33.0 Å². The van der Waals surface area contributed by atoms with Gasteiger partial charge in [0.25, 0.3) is 0 Å². The van der Waals surface area contributed by atoms with Gasteiger partial charge >= 0.3 is 36.4 Å². The minimum atomic E-state index is -0.579. The van der Waals surface area contributed by atoms with Crippen LogP contribution in [0.5, 0.6) is 0 Å². The Morgan fingerprint density at radius 2 is 1.23 bits per heavy atom. The highest BCUT2D eigenvalue weighted by Crippen LogP contribution is 2.40. The molecule has 0 amide bonds. The monoisotopic (exact) mass is 571 g/mol. The summed E-state index contributed by atoms with van der Waals surface area (Å²) in [5.74, 6) is -0.721. The molecular weight excluding hydrogens is 532 g/mol. The van der Waals surface area contributed by atoms with Crippen LogP contribution in [0.4, 0.5) is 0 Å². The summed E-state index contributed by atoms with van der Waals surface area (Å²) in [5, 5.41) is 0. The molecule has 0 aromatic heterocycles. The van der Waals surface area contributed by atoms with Crippen LogP contribution in [0.3, 0.4) is 0 Å². The Balaban J connectivity index is -0.0000000994. The van der Waals surface area contributed by atoms with Crippen molar-refractivity contribution in [1.29, 1.82) is 0 Å². The van der Waals surface area contributed by atoms with Crippen LogP contribution in [-0.4, -0.2) is 55.0 Å². The minimum Gasteiger partial charge on any atom is -0.466 e. The van der Waals surface area contributed by atoms with Crippen molar-refractivity contribution >= 4 is 47.9 Å². The van der Waals surface area contributed by atoms with Gasteiger partial charge in [-0.3, -0.25) is 9.59 Å². The molecule has 13 heteroatoms. The van der Waals surface area contributed by atoms with Crippen LogP contribution in [0.15, 0.2) is 48.6 Å². The van der Waals surface area contributed by atoms with E-state index in [4.69, 9.17) is 31.7 Å². The van der Waals surface area contributed by atoms with Crippen molar-refractivity contribution in [3.63, 3.8) is 0 Å². The molecule has 2 aliphatic carbocycles. The first-order chi connectivity index (χ1) is 18.9. The molecule has 1 heterocycles. The lowest BCUT2D eigenvalue weighted by Gasteiger charge is -2.29. The van der Waals surface area contributed by atoms with Gasteiger partial charge in [-0.05, 0) is 18.8 Å². The Morgan fingerprint density at radius 3 is 1.48 bits per heavy atom. The molecule has 222 valence electrons. The first-order valence-electron chi connectivity index (χ1n) is 11.5. The van der Waals surface area contributed by atoms with Crippen LogP contribution in [0.2, 0.25) is 0 Å². The molecule has 0 aromatic carbocycles. The second kappa shape index (κ2) is 28.6. The second-order valence-corrected chi connectivity index (χ2v) is 7.00.